The standard InChI is InChI=1S/C5H12O11P2.4Na/c6-3-2(1-14-17(8,9)10)15-5(4(3)7)16-18(11,12)13;;;;/h2-7H,1H2,(H2,8,9,10)(H2,11,12,13);;;;/q;4*+1/p-4/t2-,3-,4-,5-;;;;/m1..../s1. The number of phosphoric ester groups is 2. The molecule has 17 heteroatoms. The van der Waals surface area contributed by atoms with Crippen molar-refractivity contribution in [3.05, 3.63) is 0 Å². The van der Waals surface area contributed by atoms with Crippen LogP contribution in [0.15, 0.2) is 0 Å². The van der Waals surface area contributed by atoms with Crippen molar-refractivity contribution in [2.45, 2.75) is 24.6 Å². The molecular weight excluding hydrogens is 390 g/mol. The quantitative estimate of drug-likeness (QED) is 0.330. The van der Waals surface area contributed by atoms with Crippen LogP contribution in [0.2, 0.25) is 0 Å². The maximum atomic E-state index is 10.3. The van der Waals surface area contributed by atoms with Gasteiger partial charge in [-0.2, -0.15) is 0 Å². The Balaban J connectivity index is -0.000000405. The van der Waals surface area contributed by atoms with E-state index in [1.54, 1.807) is 0 Å². The number of aliphatic hydroxyl groups is 2. The summed E-state index contributed by atoms with van der Waals surface area (Å²) in [6.07, 6.45) is -7.22. The van der Waals surface area contributed by atoms with E-state index in [2.05, 4.69) is 13.8 Å². The first-order valence-corrected chi connectivity index (χ1v) is 7.30. The van der Waals surface area contributed by atoms with Crippen LogP contribution < -0.4 is 138 Å². The summed E-state index contributed by atoms with van der Waals surface area (Å²) in [6, 6.07) is 0. The zero-order chi connectivity index (χ0) is 14.1. The normalized spacial score (nSPS) is 27.7. The Morgan fingerprint density at radius 3 is 1.73 bits per heavy atom. The van der Waals surface area contributed by atoms with Crippen molar-refractivity contribution in [1.29, 1.82) is 0 Å². The summed E-state index contributed by atoms with van der Waals surface area (Å²) >= 11 is 0. The largest absolute Gasteiger partial charge is 1.00 e. The average molecular weight is 398 g/mol. The molecule has 1 aliphatic rings. The van der Waals surface area contributed by atoms with E-state index in [0.717, 1.165) is 0 Å². The van der Waals surface area contributed by atoms with Crippen LogP contribution in [0.25, 0.3) is 0 Å². The number of phosphoric acid groups is 2. The smallest absolute Gasteiger partial charge is 0.790 e. The van der Waals surface area contributed by atoms with Gasteiger partial charge in [0.2, 0.25) is 0 Å². The van der Waals surface area contributed by atoms with Gasteiger partial charge in [-0.25, -0.2) is 0 Å². The maximum Gasteiger partial charge on any atom is 1.00 e. The van der Waals surface area contributed by atoms with Gasteiger partial charge < -0.3 is 52.7 Å². The molecule has 0 aliphatic carbocycles. The molecule has 0 saturated carbocycles. The van der Waals surface area contributed by atoms with Gasteiger partial charge in [0.1, 0.15) is 18.3 Å². The van der Waals surface area contributed by atoms with Gasteiger partial charge in [-0.1, -0.05) is 0 Å². The van der Waals surface area contributed by atoms with Gasteiger partial charge in [0.05, 0.1) is 22.3 Å². The van der Waals surface area contributed by atoms with Crippen molar-refractivity contribution in [2.24, 2.45) is 0 Å². The van der Waals surface area contributed by atoms with E-state index < -0.39 is 46.9 Å². The molecule has 0 aromatic rings. The molecule has 0 amide bonds. The van der Waals surface area contributed by atoms with E-state index in [1.807, 2.05) is 0 Å². The second-order valence-corrected chi connectivity index (χ2v) is 5.58. The van der Waals surface area contributed by atoms with Crippen LogP contribution in [0.1, 0.15) is 0 Å². The van der Waals surface area contributed by atoms with E-state index in [0.29, 0.717) is 0 Å². The Morgan fingerprint density at radius 1 is 0.909 bits per heavy atom. The van der Waals surface area contributed by atoms with Gasteiger partial charge >= 0.3 is 118 Å². The van der Waals surface area contributed by atoms with Crippen LogP contribution in [0.5, 0.6) is 0 Å². The van der Waals surface area contributed by atoms with Gasteiger partial charge in [-0.15, -0.1) is 0 Å². The third-order valence-electron chi connectivity index (χ3n) is 1.95. The van der Waals surface area contributed by atoms with Gasteiger partial charge in [0.15, 0.2) is 6.29 Å². The number of hydrogen-bond donors (Lipinski definition) is 2. The van der Waals surface area contributed by atoms with Crippen molar-refractivity contribution in [1.82, 2.24) is 0 Å². The molecule has 11 nitrogen and oxygen atoms in total. The Bertz CT molecular complexity index is 387. The van der Waals surface area contributed by atoms with E-state index in [9.17, 15) is 38.9 Å². The Labute approximate surface area is 214 Å². The summed E-state index contributed by atoms with van der Waals surface area (Å²) in [4.78, 5) is 40.9. The molecule has 0 radical (unpaired) electrons. The fraction of sp³-hybridized carbons (Fsp3) is 1.00. The van der Waals surface area contributed by atoms with E-state index in [-0.39, 0.29) is 118 Å². The topological polar surface area (TPSA) is 195 Å². The summed E-state index contributed by atoms with van der Waals surface area (Å²) in [7, 11) is -10.8. The molecule has 4 atom stereocenters. The summed E-state index contributed by atoms with van der Waals surface area (Å²) in [5.41, 5.74) is 0. The Kier molecular flexibility index (Phi) is 21.7. The summed E-state index contributed by atoms with van der Waals surface area (Å²) in [5, 5.41) is 18.5. The summed E-state index contributed by atoms with van der Waals surface area (Å²) < 4.78 is 32.5. The number of rotatable bonds is 5. The Hall–Kier alpha value is 4.10. The van der Waals surface area contributed by atoms with Gasteiger partial charge in [0.25, 0.3) is 0 Å². The van der Waals surface area contributed by atoms with Crippen LogP contribution in [-0.4, -0.2) is 41.4 Å². The number of hydrogen-bond acceptors (Lipinski definition) is 11. The van der Waals surface area contributed by atoms with Crippen LogP contribution in [0, 0.1) is 0 Å². The second kappa shape index (κ2) is 14.1. The van der Waals surface area contributed by atoms with Crippen molar-refractivity contribution in [3.8, 4) is 0 Å². The average Bonchev–Trinajstić information content (AvgIpc) is 2.40. The molecule has 0 aromatic heterocycles. The van der Waals surface area contributed by atoms with Crippen LogP contribution in [0.4, 0.5) is 0 Å². The first-order valence-electron chi connectivity index (χ1n) is 4.38. The van der Waals surface area contributed by atoms with Crippen LogP contribution in [-0.2, 0) is 22.9 Å². The fourth-order valence-corrected chi connectivity index (χ4v) is 1.99. The first kappa shape index (κ1) is 33.7. The molecule has 108 valence electrons. The third kappa shape index (κ3) is 13.3. The molecule has 1 aliphatic heterocycles. The molecule has 1 fully saturated rings. The van der Waals surface area contributed by atoms with Crippen molar-refractivity contribution < 1.29 is 171 Å². The third-order valence-corrected chi connectivity index (χ3v) is 2.88. The van der Waals surface area contributed by atoms with Crippen molar-refractivity contribution in [3.63, 3.8) is 0 Å². The summed E-state index contributed by atoms with van der Waals surface area (Å²) in [6.45, 7) is -0.954. The van der Waals surface area contributed by atoms with Gasteiger partial charge in [0, 0.05) is 0 Å². The molecular formula is C5H8Na4O11P2. The van der Waals surface area contributed by atoms with E-state index in [4.69, 9.17) is 0 Å². The second-order valence-electron chi connectivity index (χ2n) is 3.32. The number of ether oxygens (including phenoxy) is 1. The molecule has 1 heterocycles. The number of aliphatic hydroxyl groups excluding tert-OH is 2. The zero-order valence-corrected chi connectivity index (χ0v) is 22.3. The minimum absolute atomic E-state index is 0. The predicted octanol–water partition coefficient (Wildman–Crippen LogP) is -16.9. The van der Waals surface area contributed by atoms with Crippen LogP contribution in [0.3, 0.4) is 0 Å². The zero-order valence-electron chi connectivity index (χ0n) is 12.5. The molecule has 0 aromatic carbocycles. The maximum absolute atomic E-state index is 10.3. The van der Waals surface area contributed by atoms with Gasteiger partial charge in [-0.3, -0.25) is 0 Å². The SMILES string of the molecule is O=P([O-])([O-])OC[C@H]1O[C@H](OP(=O)([O-])[O-])[C@H](O)[C@@H]1O.[Na+].[Na+].[Na+].[Na+]. The molecule has 0 unspecified atom stereocenters. The predicted molar refractivity (Wildman–Crippen MR) is 42.9 cm³/mol. The molecule has 22 heavy (non-hydrogen) atoms. The summed E-state index contributed by atoms with van der Waals surface area (Å²) in [5.74, 6) is 0. The molecule has 0 bridgehead atoms. The fourth-order valence-electron chi connectivity index (χ4n) is 1.23. The van der Waals surface area contributed by atoms with Crippen LogP contribution >= 0.6 is 15.6 Å². The molecule has 1 saturated heterocycles. The van der Waals surface area contributed by atoms with E-state index >= 15 is 0 Å². The minimum Gasteiger partial charge on any atom is -0.790 e. The van der Waals surface area contributed by atoms with E-state index in [1.165, 1.54) is 0 Å². The molecule has 0 spiro atoms. The van der Waals surface area contributed by atoms with Crippen molar-refractivity contribution >= 4 is 15.6 Å². The first-order chi connectivity index (χ1) is 7.99. The minimum atomic E-state index is -5.47. The monoisotopic (exact) mass is 398 g/mol. The molecule has 1 rings (SSSR count). The Morgan fingerprint density at radius 2 is 1.36 bits per heavy atom. The van der Waals surface area contributed by atoms with Crippen molar-refractivity contribution in [2.75, 3.05) is 6.61 Å². The molecule has 2 N–H and O–H groups in total. The van der Waals surface area contributed by atoms with Gasteiger partial charge in [-0.05, 0) is 0 Å².